The predicted octanol–water partition coefficient (Wildman–Crippen LogP) is 2.34. The van der Waals surface area contributed by atoms with Crippen LogP contribution in [0.5, 0.6) is 0 Å². The highest BCUT2D eigenvalue weighted by molar-refractivity contribution is 7.80. The van der Waals surface area contributed by atoms with E-state index in [0.717, 1.165) is 16.8 Å². The highest BCUT2D eigenvalue weighted by Crippen LogP contribution is 2.19. The van der Waals surface area contributed by atoms with Crippen molar-refractivity contribution in [3.8, 4) is 0 Å². The van der Waals surface area contributed by atoms with E-state index in [0.29, 0.717) is 30.0 Å². The number of thiocarbonyl (C=S) groups is 1. The molecule has 8 heteroatoms. The topological polar surface area (TPSA) is 63.5 Å². The molecule has 0 aliphatic rings. The molecule has 0 saturated carbocycles. The predicted molar refractivity (Wildman–Crippen MR) is 101 cm³/mol. The number of nitrogens with zero attached hydrogens (tertiary/aromatic N) is 3. The molecule has 0 spiro atoms. The second-order valence-corrected chi connectivity index (χ2v) is 5.82. The fourth-order valence-electron chi connectivity index (χ4n) is 2.04. The van der Waals surface area contributed by atoms with Gasteiger partial charge in [0.05, 0.1) is 30.6 Å². The van der Waals surface area contributed by atoms with Gasteiger partial charge in [0.25, 0.3) is 0 Å². The molecule has 128 valence electrons. The van der Waals surface area contributed by atoms with Gasteiger partial charge in [0.15, 0.2) is 5.11 Å². The molecule has 0 bridgehead atoms. The van der Waals surface area contributed by atoms with Gasteiger partial charge in [0.1, 0.15) is 5.15 Å². The second kappa shape index (κ2) is 9.36. The van der Waals surface area contributed by atoms with E-state index >= 15 is 0 Å². The maximum Gasteiger partial charge on any atom is 0.187 e. The normalized spacial score (nSPS) is 11.0. The fourth-order valence-corrected chi connectivity index (χ4v) is 2.47. The van der Waals surface area contributed by atoms with E-state index in [2.05, 4.69) is 20.9 Å². The Morgan fingerprint density at radius 3 is 2.88 bits per heavy atom. The maximum absolute atomic E-state index is 6.41. The van der Waals surface area contributed by atoms with Gasteiger partial charge in [-0.25, -0.2) is 4.68 Å². The number of methoxy groups -OCH3 is 1. The molecule has 6 nitrogen and oxygen atoms in total. The minimum atomic E-state index is 0.425. The summed E-state index contributed by atoms with van der Waals surface area (Å²) in [4.78, 5) is 0. The Morgan fingerprint density at radius 2 is 2.17 bits per heavy atom. The van der Waals surface area contributed by atoms with Gasteiger partial charge in [-0.15, -0.1) is 0 Å². The van der Waals surface area contributed by atoms with E-state index in [-0.39, 0.29) is 0 Å². The number of hydrogen-bond donors (Lipinski definition) is 2. The average molecular weight is 366 g/mol. The standard InChI is InChI=1S/C16H20ClN5OS/c1-12-14(10-19-20-16(24)18-8-9-23-2)15(17)22(21-12)11-13-6-4-3-5-7-13/h3-7,10H,8-9,11H2,1-2H3,(H2,18,20,24)/b19-10-. The summed E-state index contributed by atoms with van der Waals surface area (Å²) in [7, 11) is 1.63. The molecule has 0 radical (unpaired) electrons. The van der Waals surface area contributed by atoms with Crippen molar-refractivity contribution in [2.24, 2.45) is 5.10 Å². The van der Waals surface area contributed by atoms with Crippen molar-refractivity contribution < 1.29 is 4.74 Å². The van der Waals surface area contributed by atoms with Crippen molar-refractivity contribution in [3.05, 3.63) is 52.3 Å². The van der Waals surface area contributed by atoms with Gasteiger partial charge < -0.3 is 10.1 Å². The van der Waals surface area contributed by atoms with Crippen LogP contribution in [0.25, 0.3) is 0 Å². The van der Waals surface area contributed by atoms with Crippen LogP contribution in [0.4, 0.5) is 0 Å². The summed E-state index contributed by atoms with van der Waals surface area (Å²) < 4.78 is 6.68. The highest BCUT2D eigenvalue weighted by Gasteiger charge is 2.11. The molecule has 0 unspecified atom stereocenters. The van der Waals surface area contributed by atoms with Crippen molar-refractivity contribution in [3.63, 3.8) is 0 Å². The fraction of sp³-hybridized carbons (Fsp3) is 0.312. The number of rotatable bonds is 7. The minimum absolute atomic E-state index is 0.425. The first-order chi connectivity index (χ1) is 11.6. The lowest BCUT2D eigenvalue weighted by atomic mass is 10.2. The van der Waals surface area contributed by atoms with E-state index < -0.39 is 0 Å². The highest BCUT2D eigenvalue weighted by atomic mass is 35.5. The molecular weight excluding hydrogens is 346 g/mol. The number of aryl methyl sites for hydroxylation is 1. The zero-order valence-corrected chi connectivity index (χ0v) is 15.2. The first-order valence-corrected chi connectivity index (χ1v) is 8.23. The third kappa shape index (κ3) is 5.30. The van der Waals surface area contributed by atoms with E-state index in [9.17, 15) is 0 Å². The Balaban J connectivity index is 1.98. The van der Waals surface area contributed by atoms with Crippen LogP contribution in [-0.4, -0.2) is 41.4 Å². The molecule has 0 amide bonds. The number of hydrogen-bond acceptors (Lipinski definition) is 4. The van der Waals surface area contributed by atoms with Crippen LogP contribution in [0.15, 0.2) is 35.4 Å². The molecule has 0 atom stereocenters. The van der Waals surface area contributed by atoms with E-state index in [1.54, 1.807) is 18.0 Å². The van der Waals surface area contributed by atoms with Crippen LogP contribution >= 0.6 is 23.8 Å². The van der Waals surface area contributed by atoms with Crippen LogP contribution in [0.1, 0.15) is 16.8 Å². The summed E-state index contributed by atoms with van der Waals surface area (Å²) in [5.74, 6) is 0. The van der Waals surface area contributed by atoms with Crippen LogP contribution in [0, 0.1) is 6.92 Å². The Labute approximate surface area is 151 Å². The Morgan fingerprint density at radius 1 is 1.42 bits per heavy atom. The van der Waals surface area contributed by atoms with Gasteiger partial charge in [-0.05, 0) is 24.7 Å². The van der Waals surface area contributed by atoms with Gasteiger partial charge in [-0.3, -0.25) is 5.43 Å². The van der Waals surface area contributed by atoms with Crippen molar-refractivity contribution >= 4 is 35.1 Å². The molecule has 24 heavy (non-hydrogen) atoms. The molecule has 1 aromatic carbocycles. The molecule has 2 rings (SSSR count). The number of ether oxygens (including phenoxy) is 1. The van der Waals surface area contributed by atoms with Crippen LogP contribution in [0.3, 0.4) is 0 Å². The van der Waals surface area contributed by atoms with E-state index in [4.69, 9.17) is 28.6 Å². The van der Waals surface area contributed by atoms with Crippen LogP contribution in [0.2, 0.25) is 5.15 Å². The Hall–Kier alpha value is -1.96. The zero-order chi connectivity index (χ0) is 17.4. The number of hydrazone groups is 1. The van der Waals surface area contributed by atoms with Gasteiger partial charge in [0, 0.05) is 13.7 Å². The monoisotopic (exact) mass is 365 g/mol. The largest absolute Gasteiger partial charge is 0.383 e. The van der Waals surface area contributed by atoms with Gasteiger partial charge in [-0.1, -0.05) is 41.9 Å². The van der Waals surface area contributed by atoms with Crippen molar-refractivity contribution in [1.82, 2.24) is 20.5 Å². The lowest BCUT2D eigenvalue weighted by Crippen LogP contribution is -2.34. The molecule has 0 aliphatic carbocycles. The second-order valence-electron chi connectivity index (χ2n) is 5.05. The van der Waals surface area contributed by atoms with Gasteiger partial charge >= 0.3 is 0 Å². The van der Waals surface area contributed by atoms with Gasteiger partial charge in [-0.2, -0.15) is 10.2 Å². The SMILES string of the molecule is COCCNC(=S)N/N=C\c1c(C)nn(Cc2ccccc2)c1Cl. The number of nitrogens with one attached hydrogen (secondary N) is 2. The summed E-state index contributed by atoms with van der Waals surface area (Å²) in [6.07, 6.45) is 1.62. The van der Waals surface area contributed by atoms with Crippen molar-refractivity contribution in [2.75, 3.05) is 20.3 Å². The molecular formula is C16H20ClN5OS. The van der Waals surface area contributed by atoms with E-state index in [1.807, 2.05) is 37.3 Å². The number of benzene rings is 1. The summed E-state index contributed by atoms with van der Waals surface area (Å²) in [6, 6.07) is 10.0. The van der Waals surface area contributed by atoms with E-state index in [1.165, 1.54) is 0 Å². The lowest BCUT2D eigenvalue weighted by Gasteiger charge is -2.05. The quantitative estimate of drug-likeness (QED) is 0.341. The van der Waals surface area contributed by atoms with Crippen LogP contribution < -0.4 is 10.7 Å². The van der Waals surface area contributed by atoms with Crippen LogP contribution in [-0.2, 0) is 11.3 Å². The summed E-state index contributed by atoms with van der Waals surface area (Å²) >= 11 is 11.5. The third-order valence-corrected chi connectivity index (χ3v) is 3.87. The average Bonchev–Trinajstić information content (AvgIpc) is 2.83. The van der Waals surface area contributed by atoms with Crippen molar-refractivity contribution in [2.45, 2.75) is 13.5 Å². The number of halogens is 1. The van der Waals surface area contributed by atoms with Gasteiger partial charge in [0.2, 0.25) is 0 Å². The lowest BCUT2D eigenvalue weighted by molar-refractivity contribution is 0.204. The molecule has 1 heterocycles. The first-order valence-electron chi connectivity index (χ1n) is 7.44. The minimum Gasteiger partial charge on any atom is -0.383 e. The molecule has 1 aromatic heterocycles. The summed E-state index contributed by atoms with van der Waals surface area (Å²) in [5.41, 5.74) is 5.44. The summed E-state index contributed by atoms with van der Waals surface area (Å²) in [6.45, 7) is 3.69. The molecule has 0 saturated heterocycles. The maximum atomic E-state index is 6.41. The molecule has 2 aromatic rings. The first kappa shape index (κ1) is 18.4. The number of aromatic nitrogens is 2. The zero-order valence-electron chi connectivity index (χ0n) is 13.6. The molecule has 0 aliphatic heterocycles. The van der Waals surface area contributed by atoms with Crippen molar-refractivity contribution in [1.29, 1.82) is 0 Å². The smallest absolute Gasteiger partial charge is 0.187 e. The molecule has 0 fully saturated rings. The Bertz CT molecular complexity index is 702. The summed E-state index contributed by atoms with van der Waals surface area (Å²) in [5, 5.41) is 12.5. The molecule has 2 N–H and O–H groups in total. The third-order valence-electron chi connectivity index (χ3n) is 3.24. The Kier molecular flexibility index (Phi) is 7.17.